The largest absolute Gasteiger partial charge is 0.497 e. The second kappa shape index (κ2) is 9.96. The first kappa shape index (κ1) is 18.2. The molecule has 2 unspecified atom stereocenters. The first-order chi connectivity index (χ1) is 10.2. The highest BCUT2D eigenvalue weighted by atomic mass is 32.2. The molecule has 1 rings (SSSR count). The molecule has 21 heavy (non-hydrogen) atoms. The van der Waals surface area contributed by atoms with Crippen molar-refractivity contribution in [1.82, 2.24) is 5.32 Å². The van der Waals surface area contributed by atoms with E-state index in [9.17, 15) is 0 Å². The summed E-state index contributed by atoms with van der Waals surface area (Å²) in [5, 5.41) is 4.32. The van der Waals surface area contributed by atoms with Crippen LogP contribution in [-0.4, -0.2) is 31.8 Å². The summed E-state index contributed by atoms with van der Waals surface area (Å²) in [4.78, 5) is 0. The standard InChI is InChI=1S/C17H29NO2S/c1-6-10-18-16(12-21-13(3)7-2)15-9-8-14(19-4)11-17(15)20-5/h8-9,11,13,16,18H,6-7,10,12H2,1-5H3. The first-order valence-electron chi connectivity index (χ1n) is 7.73. The lowest BCUT2D eigenvalue weighted by atomic mass is 10.1. The molecule has 4 heteroatoms. The van der Waals surface area contributed by atoms with Gasteiger partial charge in [-0.05, 0) is 25.5 Å². The average molecular weight is 311 g/mol. The van der Waals surface area contributed by atoms with E-state index in [1.54, 1.807) is 14.2 Å². The Kier molecular flexibility index (Phi) is 8.62. The fourth-order valence-corrected chi connectivity index (χ4v) is 3.12. The number of nitrogens with one attached hydrogen (secondary N) is 1. The van der Waals surface area contributed by atoms with Crippen LogP contribution in [0.2, 0.25) is 0 Å². The molecule has 0 aromatic heterocycles. The molecule has 0 aliphatic heterocycles. The van der Waals surface area contributed by atoms with Crippen LogP contribution < -0.4 is 14.8 Å². The van der Waals surface area contributed by atoms with Gasteiger partial charge in [-0.25, -0.2) is 0 Å². The van der Waals surface area contributed by atoms with E-state index in [4.69, 9.17) is 9.47 Å². The first-order valence-corrected chi connectivity index (χ1v) is 8.77. The molecular weight excluding hydrogens is 282 g/mol. The number of thioether (sulfide) groups is 1. The van der Waals surface area contributed by atoms with Crippen molar-refractivity contribution in [3.05, 3.63) is 23.8 Å². The highest BCUT2D eigenvalue weighted by molar-refractivity contribution is 7.99. The van der Waals surface area contributed by atoms with Crippen molar-refractivity contribution in [1.29, 1.82) is 0 Å². The smallest absolute Gasteiger partial charge is 0.127 e. The molecular formula is C17H29NO2S. The quantitative estimate of drug-likeness (QED) is 0.699. The zero-order valence-electron chi connectivity index (χ0n) is 13.9. The molecule has 3 nitrogen and oxygen atoms in total. The summed E-state index contributed by atoms with van der Waals surface area (Å²) >= 11 is 2.01. The lowest BCUT2D eigenvalue weighted by molar-refractivity contribution is 0.386. The number of hydrogen-bond acceptors (Lipinski definition) is 4. The monoisotopic (exact) mass is 311 g/mol. The number of ether oxygens (including phenoxy) is 2. The van der Waals surface area contributed by atoms with Gasteiger partial charge in [0.25, 0.3) is 0 Å². The van der Waals surface area contributed by atoms with E-state index in [0.717, 1.165) is 30.2 Å². The molecule has 0 bridgehead atoms. The Morgan fingerprint density at radius 2 is 1.95 bits per heavy atom. The molecule has 0 heterocycles. The molecule has 0 radical (unpaired) electrons. The Labute approximate surface area is 133 Å². The summed E-state index contributed by atoms with van der Waals surface area (Å²) in [6.07, 6.45) is 2.33. The number of rotatable bonds is 10. The predicted octanol–water partition coefficient (Wildman–Crippen LogP) is 4.28. The Balaban J connectivity index is 2.90. The van der Waals surface area contributed by atoms with E-state index in [1.807, 2.05) is 23.9 Å². The van der Waals surface area contributed by atoms with Gasteiger partial charge < -0.3 is 14.8 Å². The normalized spacial score (nSPS) is 13.8. The predicted molar refractivity (Wildman–Crippen MR) is 92.8 cm³/mol. The second-order valence-corrected chi connectivity index (χ2v) is 6.64. The van der Waals surface area contributed by atoms with E-state index in [0.29, 0.717) is 11.3 Å². The van der Waals surface area contributed by atoms with Gasteiger partial charge in [0.15, 0.2) is 0 Å². The van der Waals surface area contributed by atoms with Crippen LogP contribution in [0.4, 0.5) is 0 Å². The number of methoxy groups -OCH3 is 2. The van der Waals surface area contributed by atoms with Crippen LogP contribution in [0.15, 0.2) is 18.2 Å². The van der Waals surface area contributed by atoms with Gasteiger partial charge in [0.2, 0.25) is 0 Å². The minimum absolute atomic E-state index is 0.310. The fraction of sp³-hybridized carbons (Fsp3) is 0.647. The maximum Gasteiger partial charge on any atom is 0.127 e. The molecule has 1 aromatic carbocycles. The maximum atomic E-state index is 5.55. The van der Waals surface area contributed by atoms with Crippen LogP contribution in [0.25, 0.3) is 0 Å². The Morgan fingerprint density at radius 1 is 1.19 bits per heavy atom. The summed E-state index contributed by atoms with van der Waals surface area (Å²) in [6, 6.07) is 6.39. The van der Waals surface area contributed by atoms with Gasteiger partial charge in [-0.1, -0.05) is 26.8 Å². The zero-order chi connectivity index (χ0) is 15.7. The van der Waals surface area contributed by atoms with Crippen molar-refractivity contribution in [3.63, 3.8) is 0 Å². The van der Waals surface area contributed by atoms with Crippen LogP contribution in [0.5, 0.6) is 11.5 Å². The summed E-state index contributed by atoms with van der Waals surface area (Å²) in [5.41, 5.74) is 1.21. The third kappa shape index (κ3) is 5.79. The van der Waals surface area contributed by atoms with Gasteiger partial charge in [0.05, 0.1) is 14.2 Å². The van der Waals surface area contributed by atoms with E-state index >= 15 is 0 Å². The fourth-order valence-electron chi connectivity index (χ4n) is 2.06. The third-order valence-corrected chi connectivity index (χ3v) is 5.01. The molecule has 0 fully saturated rings. The molecule has 1 N–H and O–H groups in total. The van der Waals surface area contributed by atoms with Crippen LogP contribution >= 0.6 is 11.8 Å². The van der Waals surface area contributed by atoms with E-state index in [-0.39, 0.29) is 0 Å². The molecule has 0 saturated carbocycles. The SMILES string of the molecule is CCCNC(CSC(C)CC)c1ccc(OC)cc1OC. The van der Waals surface area contributed by atoms with Gasteiger partial charge in [0, 0.05) is 28.7 Å². The van der Waals surface area contributed by atoms with Gasteiger partial charge in [0.1, 0.15) is 11.5 Å². The molecule has 1 aromatic rings. The Morgan fingerprint density at radius 3 is 2.52 bits per heavy atom. The zero-order valence-corrected chi connectivity index (χ0v) is 14.8. The molecule has 0 spiro atoms. The topological polar surface area (TPSA) is 30.5 Å². The van der Waals surface area contributed by atoms with Crippen molar-refractivity contribution in [3.8, 4) is 11.5 Å². The number of benzene rings is 1. The molecule has 0 saturated heterocycles. The van der Waals surface area contributed by atoms with Gasteiger partial charge >= 0.3 is 0 Å². The molecule has 0 aliphatic rings. The van der Waals surface area contributed by atoms with Crippen molar-refractivity contribution in [2.24, 2.45) is 0 Å². The summed E-state index contributed by atoms with van der Waals surface area (Å²) in [5.74, 6) is 2.78. The second-order valence-electron chi connectivity index (χ2n) is 5.17. The minimum atomic E-state index is 0.310. The van der Waals surface area contributed by atoms with Crippen LogP contribution in [0.3, 0.4) is 0 Å². The van der Waals surface area contributed by atoms with Crippen LogP contribution in [0, 0.1) is 0 Å². The van der Waals surface area contributed by atoms with E-state index in [1.165, 1.54) is 12.0 Å². The molecule has 0 amide bonds. The lowest BCUT2D eigenvalue weighted by Crippen LogP contribution is -2.25. The number of hydrogen-bond donors (Lipinski definition) is 1. The van der Waals surface area contributed by atoms with Crippen molar-refractivity contribution < 1.29 is 9.47 Å². The summed E-state index contributed by atoms with van der Waals surface area (Å²) in [6.45, 7) is 7.73. The van der Waals surface area contributed by atoms with Crippen molar-refractivity contribution in [2.45, 2.75) is 44.9 Å². The maximum absolute atomic E-state index is 5.55. The highest BCUT2D eigenvalue weighted by Gasteiger charge is 2.17. The Bertz CT molecular complexity index is 412. The van der Waals surface area contributed by atoms with Gasteiger partial charge in [-0.3, -0.25) is 0 Å². The van der Waals surface area contributed by atoms with Crippen molar-refractivity contribution in [2.75, 3.05) is 26.5 Å². The minimum Gasteiger partial charge on any atom is -0.497 e. The van der Waals surface area contributed by atoms with E-state index < -0.39 is 0 Å². The average Bonchev–Trinajstić information content (AvgIpc) is 2.54. The third-order valence-electron chi connectivity index (χ3n) is 3.58. The van der Waals surface area contributed by atoms with Crippen LogP contribution in [0.1, 0.15) is 45.2 Å². The summed E-state index contributed by atoms with van der Waals surface area (Å²) in [7, 11) is 3.40. The molecule has 2 atom stereocenters. The highest BCUT2D eigenvalue weighted by Crippen LogP contribution is 2.32. The summed E-state index contributed by atoms with van der Waals surface area (Å²) < 4.78 is 10.8. The van der Waals surface area contributed by atoms with E-state index in [2.05, 4.69) is 32.2 Å². The van der Waals surface area contributed by atoms with Crippen LogP contribution in [-0.2, 0) is 0 Å². The van der Waals surface area contributed by atoms with Crippen molar-refractivity contribution >= 4 is 11.8 Å². The Hall–Kier alpha value is -0.870. The molecule has 120 valence electrons. The van der Waals surface area contributed by atoms with Gasteiger partial charge in [-0.2, -0.15) is 11.8 Å². The molecule has 0 aliphatic carbocycles. The van der Waals surface area contributed by atoms with Gasteiger partial charge in [-0.15, -0.1) is 0 Å². The lowest BCUT2D eigenvalue weighted by Gasteiger charge is -2.22.